The zero-order chi connectivity index (χ0) is 15.2. The molecule has 0 spiro atoms. The molecule has 0 saturated heterocycles. The molecular weight excluding hydrogens is 334 g/mol. The summed E-state index contributed by atoms with van der Waals surface area (Å²) in [5, 5.41) is 7.82. The summed E-state index contributed by atoms with van der Waals surface area (Å²) in [4.78, 5) is 8.90. The first-order valence-electron chi connectivity index (χ1n) is 6.89. The Kier molecular flexibility index (Phi) is 5.84. The summed E-state index contributed by atoms with van der Waals surface area (Å²) in [5.41, 5.74) is 2.05. The van der Waals surface area contributed by atoms with E-state index in [1.54, 1.807) is 13.3 Å². The SMILES string of the molecule is CCNC(c1ncc(C)cn1)c1c(Br)cnn1CCOC. The fourth-order valence-electron chi connectivity index (χ4n) is 2.08. The molecule has 0 radical (unpaired) electrons. The fourth-order valence-corrected chi connectivity index (χ4v) is 2.61. The minimum atomic E-state index is -0.107. The Morgan fingerprint density at radius 1 is 1.33 bits per heavy atom. The van der Waals surface area contributed by atoms with E-state index in [1.807, 2.05) is 24.0 Å². The van der Waals surface area contributed by atoms with Crippen molar-refractivity contribution >= 4 is 15.9 Å². The average Bonchev–Trinajstić information content (AvgIpc) is 2.84. The molecule has 2 aromatic heterocycles. The lowest BCUT2D eigenvalue weighted by molar-refractivity contribution is 0.182. The van der Waals surface area contributed by atoms with E-state index >= 15 is 0 Å². The van der Waals surface area contributed by atoms with Crippen molar-refractivity contribution < 1.29 is 4.74 Å². The van der Waals surface area contributed by atoms with E-state index in [4.69, 9.17) is 4.74 Å². The molecule has 0 aromatic carbocycles. The predicted molar refractivity (Wildman–Crippen MR) is 84.1 cm³/mol. The Labute approximate surface area is 133 Å². The fraction of sp³-hybridized carbons (Fsp3) is 0.500. The summed E-state index contributed by atoms with van der Waals surface area (Å²) in [6, 6.07) is -0.107. The normalized spacial score (nSPS) is 12.6. The molecule has 21 heavy (non-hydrogen) atoms. The van der Waals surface area contributed by atoms with Gasteiger partial charge in [-0.05, 0) is 35.0 Å². The van der Waals surface area contributed by atoms with Gasteiger partial charge in [-0.3, -0.25) is 4.68 Å². The number of nitrogens with one attached hydrogen (secondary N) is 1. The van der Waals surface area contributed by atoms with Crippen LogP contribution in [0.5, 0.6) is 0 Å². The van der Waals surface area contributed by atoms with Gasteiger partial charge in [-0.15, -0.1) is 0 Å². The Bertz CT molecular complexity index is 569. The third-order valence-electron chi connectivity index (χ3n) is 3.08. The van der Waals surface area contributed by atoms with Crippen molar-refractivity contribution in [1.29, 1.82) is 0 Å². The molecule has 2 aromatic rings. The summed E-state index contributed by atoms with van der Waals surface area (Å²) in [6.45, 7) is 6.14. The molecule has 1 unspecified atom stereocenters. The lowest BCUT2D eigenvalue weighted by Gasteiger charge is -2.19. The summed E-state index contributed by atoms with van der Waals surface area (Å²) >= 11 is 3.57. The number of nitrogens with zero attached hydrogens (tertiary/aromatic N) is 4. The number of hydrogen-bond acceptors (Lipinski definition) is 5. The maximum absolute atomic E-state index is 5.14. The van der Waals surface area contributed by atoms with Gasteiger partial charge in [-0.2, -0.15) is 5.10 Å². The van der Waals surface area contributed by atoms with Gasteiger partial charge < -0.3 is 10.1 Å². The Balaban J connectivity index is 2.37. The van der Waals surface area contributed by atoms with E-state index in [9.17, 15) is 0 Å². The first-order chi connectivity index (χ1) is 10.2. The van der Waals surface area contributed by atoms with Gasteiger partial charge in [-0.1, -0.05) is 6.92 Å². The largest absolute Gasteiger partial charge is 0.383 e. The molecule has 0 amide bonds. The van der Waals surface area contributed by atoms with Crippen molar-refractivity contribution in [3.8, 4) is 0 Å². The van der Waals surface area contributed by atoms with Gasteiger partial charge in [0.15, 0.2) is 5.82 Å². The number of hydrogen-bond donors (Lipinski definition) is 1. The van der Waals surface area contributed by atoms with Crippen LogP contribution in [-0.4, -0.2) is 40.0 Å². The smallest absolute Gasteiger partial charge is 0.151 e. The van der Waals surface area contributed by atoms with Crippen molar-refractivity contribution in [3.63, 3.8) is 0 Å². The van der Waals surface area contributed by atoms with Crippen molar-refractivity contribution in [2.45, 2.75) is 26.4 Å². The van der Waals surface area contributed by atoms with Crippen LogP contribution in [-0.2, 0) is 11.3 Å². The summed E-state index contributed by atoms with van der Waals surface area (Å²) in [5.74, 6) is 0.738. The third kappa shape index (κ3) is 3.87. The van der Waals surface area contributed by atoms with Crippen LogP contribution in [0.1, 0.15) is 30.0 Å². The molecule has 0 fully saturated rings. The van der Waals surface area contributed by atoms with E-state index in [0.717, 1.165) is 28.1 Å². The number of ether oxygens (including phenoxy) is 1. The molecule has 0 saturated carbocycles. The highest BCUT2D eigenvalue weighted by Crippen LogP contribution is 2.26. The lowest BCUT2D eigenvalue weighted by atomic mass is 10.2. The molecule has 1 N–H and O–H groups in total. The highest BCUT2D eigenvalue weighted by Gasteiger charge is 2.23. The van der Waals surface area contributed by atoms with Crippen LogP contribution >= 0.6 is 15.9 Å². The molecule has 6 nitrogen and oxygen atoms in total. The Morgan fingerprint density at radius 3 is 2.67 bits per heavy atom. The minimum Gasteiger partial charge on any atom is -0.383 e. The van der Waals surface area contributed by atoms with Gasteiger partial charge in [0.25, 0.3) is 0 Å². The molecule has 0 bridgehead atoms. The highest BCUT2D eigenvalue weighted by atomic mass is 79.9. The molecule has 0 aliphatic rings. The molecule has 2 rings (SSSR count). The third-order valence-corrected chi connectivity index (χ3v) is 3.69. The Morgan fingerprint density at radius 2 is 2.05 bits per heavy atom. The summed E-state index contributed by atoms with van der Waals surface area (Å²) < 4.78 is 8.00. The maximum atomic E-state index is 5.14. The molecule has 114 valence electrons. The van der Waals surface area contributed by atoms with Crippen LogP contribution < -0.4 is 5.32 Å². The highest BCUT2D eigenvalue weighted by molar-refractivity contribution is 9.10. The Hall–Kier alpha value is -1.31. The number of halogens is 1. The standard InChI is InChI=1S/C14H20BrN5O/c1-4-16-12(14-17-7-10(2)8-18-14)13-11(15)9-19-20(13)5-6-21-3/h7-9,12,16H,4-6H2,1-3H3. The molecular formula is C14H20BrN5O. The number of rotatable bonds is 7. The van der Waals surface area contributed by atoms with Crippen LogP contribution in [0.15, 0.2) is 23.1 Å². The summed E-state index contributed by atoms with van der Waals surface area (Å²) in [7, 11) is 1.68. The van der Waals surface area contributed by atoms with Gasteiger partial charge in [0.1, 0.15) is 6.04 Å². The predicted octanol–water partition coefficient (Wildman–Crippen LogP) is 2.09. The molecule has 0 aliphatic heterocycles. The second-order valence-corrected chi connectivity index (χ2v) is 5.56. The van der Waals surface area contributed by atoms with E-state index in [0.29, 0.717) is 13.2 Å². The van der Waals surface area contributed by atoms with Gasteiger partial charge in [-0.25, -0.2) is 9.97 Å². The quantitative estimate of drug-likeness (QED) is 0.825. The molecule has 1 atom stereocenters. The van der Waals surface area contributed by atoms with E-state index in [1.165, 1.54) is 0 Å². The van der Waals surface area contributed by atoms with Crippen molar-refractivity contribution in [2.24, 2.45) is 0 Å². The van der Waals surface area contributed by atoms with Gasteiger partial charge in [0.2, 0.25) is 0 Å². The van der Waals surface area contributed by atoms with Crippen LogP contribution in [0.3, 0.4) is 0 Å². The van der Waals surface area contributed by atoms with Crippen molar-refractivity contribution in [1.82, 2.24) is 25.1 Å². The van der Waals surface area contributed by atoms with Crippen molar-refractivity contribution in [3.05, 3.63) is 40.1 Å². The minimum absolute atomic E-state index is 0.107. The van der Waals surface area contributed by atoms with Crippen LogP contribution in [0.2, 0.25) is 0 Å². The average molecular weight is 354 g/mol. The summed E-state index contributed by atoms with van der Waals surface area (Å²) in [6.07, 6.45) is 5.45. The lowest BCUT2D eigenvalue weighted by Crippen LogP contribution is -2.27. The number of aryl methyl sites for hydroxylation is 1. The first kappa shape index (κ1) is 16.1. The number of methoxy groups -OCH3 is 1. The van der Waals surface area contributed by atoms with Gasteiger partial charge >= 0.3 is 0 Å². The van der Waals surface area contributed by atoms with Gasteiger partial charge in [0.05, 0.1) is 29.5 Å². The van der Waals surface area contributed by atoms with Crippen LogP contribution in [0, 0.1) is 6.92 Å². The molecule has 2 heterocycles. The zero-order valence-corrected chi connectivity index (χ0v) is 14.1. The van der Waals surface area contributed by atoms with E-state index in [-0.39, 0.29) is 6.04 Å². The monoisotopic (exact) mass is 353 g/mol. The molecule has 0 aliphatic carbocycles. The second-order valence-electron chi connectivity index (χ2n) is 4.70. The van der Waals surface area contributed by atoms with E-state index in [2.05, 4.69) is 43.2 Å². The zero-order valence-electron chi connectivity index (χ0n) is 12.5. The van der Waals surface area contributed by atoms with Crippen molar-refractivity contribution in [2.75, 3.05) is 20.3 Å². The maximum Gasteiger partial charge on any atom is 0.151 e. The second kappa shape index (κ2) is 7.63. The number of aromatic nitrogens is 4. The van der Waals surface area contributed by atoms with Crippen LogP contribution in [0.25, 0.3) is 0 Å². The first-order valence-corrected chi connectivity index (χ1v) is 7.68. The van der Waals surface area contributed by atoms with E-state index < -0.39 is 0 Å². The topological polar surface area (TPSA) is 64.9 Å². The van der Waals surface area contributed by atoms with Gasteiger partial charge in [0, 0.05) is 19.5 Å². The van der Waals surface area contributed by atoms with Crippen LogP contribution in [0.4, 0.5) is 0 Å². The molecule has 7 heteroatoms.